The number of carbonyl (C=O) groups is 2. The van der Waals surface area contributed by atoms with Crippen LogP contribution in [0, 0.1) is 6.92 Å². The van der Waals surface area contributed by atoms with Crippen LogP contribution >= 0.6 is 11.3 Å². The largest absolute Gasteiger partial charge is 0.321 e. The number of nitrogens with zero attached hydrogens (tertiary/aromatic N) is 1. The van der Waals surface area contributed by atoms with Gasteiger partial charge < -0.3 is 10.6 Å². The van der Waals surface area contributed by atoms with Crippen LogP contribution < -0.4 is 10.6 Å². The zero-order valence-corrected chi connectivity index (χ0v) is 13.8. The Morgan fingerprint density at radius 1 is 0.958 bits per heavy atom. The van der Waals surface area contributed by atoms with Gasteiger partial charge in [0, 0.05) is 17.4 Å². The average Bonchev–Trinajstić information content (AvgIpc) is 3.02. The summed E-state index contributed by atoms with van der Waals surface area (Å²) in [5.41, 5.74) is 2.73. The maximum absolute atomic E-state index is 12.2. The van der Waals surface area contributed by atoms with Gasteiger partial charge >= 0.3 is 0 Å². The second-order valence-electron chi connectivity index (χ2n) is 5.16. The van der Waals surface area contributed by atoms with E-state index in [1.807, 2.05) is 18.4 Å². The van der Waals surface area contributed by atoms with Crippen molar-refractivity contribution >= 4 is 34.5 Å². The van der Waals surface area contributed by atoms with Gasteiger partial charge in [0.25, 0.3) is 11.8 Å². The third-order valence-corrected chi connectivity index (χ3v) is 4.41. The molecule has 0 bridgehead atoms. The van der Waals surface area contributed by atoms with E-state index in [1.165, 1.54) is 11.3 Å². The van der Waals surface area contributed by atoms with Crippen molar-refractivity contribution in [2.24, 2.45) is 0 Å². The molecule has 0 saturated heterocycles. The van der Waals surface area contributed by atoms with E-state index in [9.17, 15) is 9.59 Å². The second-order valence-corrected chi connectivity index (χ2v) is 6.08. The van der Waals surface area contributed by atoms with Crippen LogP contribution in [0.25, 0.3) is 0 Å². The maximum Gasteiger partial charge on any atom is 0.265 e. The highest BCUT2D eigenvalue weighted by Gasteiger charge is 2.11. The molecule has 0 unspecified atom stereocenters. The van der Waals surface area contributed by atoms with Gasteiger partial charge in [0.1, 0.15) is 0 Å². The van der Waals surface area contributed by atoms with Crippen LogP contribution in [0.1, 0.15) is 25.6 Å². The summed E-state index contributed by atoms with van der Waals surface area (Å²) < 4.78 is 0. The predicted octanol–water partition coefficient (Wildman–Crippen LogP) is 3.96. The summed E-state index contributed by atoms with van der Waals surface area (Å²) in [5.74, 6) is -0.370. The highest BCUT2D eigenvalue weighted by Crippen LogP contribution is 2.18. The van der Waals surface area contributed by atoms with E-state index < -0.39 is 0 Å². The average molecular weight is 337 g/mol. The summed E-state index contributed by atoms with van der Waals surface area (Å²) in [4.78, 5) is 29.0. The number of thiophene rings is 1. The first-order valence-corrected chi connectivity index (χ1v) is 8.18. The molecule has 5 nitrogen and oxygen atoms in total. The van der Waals surface area contributed by atoms with E-state index in [0.29, 0.717) is 21.8 Å². The lowest BCUT2D eigenvalue weighted by Crippen LogP contribution is -2.13. The van der Waals surface area contributed by atoms with Crippen molar-refractivity contribution in [2.75, 3.05) is 10.6 Å². The quantitative estimate of drug-likeness (QED) is 0.757. The molecule has 2 aromatic heterocycles. The first-order valence-electron chi connectivity index (χ1n) is 7.30. The molecule has 3 aromatic rings. The highest BCUT2D eigenvalue weighted by molar-refractivity contribution is 7.12. The van der Waals surface area contributed by atoms with Crippen LogP contribution in [0.4, 0.5) is 11.4 Å². The van der Waals surface area contributed by atoms with Gasteiger partial charge in [0.15, 0.2) is 0 Å². The molecule has 0 aliphatic heterocycles. The minimum atomic E-state index is -0.227. The third kappa shape index (κ3) is 3.67. The number of aromatic nitrogens is 1. The number of carbonyl (C=O) groups excluding carboxylic acids is 2. The standard InChI is InChI=1S/C18H15N3O2S/c1-12-8-10-24-16(12)18(23)20-14-6-4-13(5-7-14)17(22)21-15-3-2-9-19-11-15/h2-11H,1H3,(H,20,23)(H,21,22). The topological polar surface area (TPSA) is 71.1 Å². The Morgan fingerprint density at radius 2 is 1.71 bits per heavy atom. The summed E-state index contributed by atoms with van der Waals surface area (Å²) in [6.07, 6.45) is 3.22. The van der Waals surface area contributed by atoms with Crippen LogP contribution in [-0.4, -0.2) is 16.8 Å². The van der Waals surface area contributed by atoms with E-state index in [-0.39, 0.29) is 11.8 Å². The van der Waals surface area contributed by atoms with Gasteiger partial charge in [-0.3, -0.25) is 14.6 Å². The zero-order valence-electron chi connectivity index (χ0n) is 12.9. The molecule has 0 aliphatic carbocycles. The van der Waals surface area contributed by atoms with Crippen LogP contribution in [-0.2, 0) is 0 Å². The zero-order chi connectivity index (χ0) is 16.9. The Hall–Kier alpha value is -2.99. The molecular formula is C18H15N3O2S. The Bertz CT molecular complexity index is 857. The molecule has 6 heteroatoms. The minimum absolute atomic E-state index is 0.143. The van der Waals surface area contributed by atoms with Gasteiger partial charge in [0.2, 0.25) is 0 Å². The van der Waals surface area contributed by atoms with E-state index in [1.54, 1.807) is 48.8 Å². The van der Waals surface area contributed by atoms with Crippen molar-refractivity contribution in [3.05, 3.63) is 76.2 Å². The number of hydrogen-bond acceptors (Lipinski definition) is 4. The van der Waals surface area contributed by atoms with E-state index in [0.717, 1.165) is 5.56 Å². The lowest BCUT2D eigenvalue weighted by Gasteiger charge is -2.07. The predicted molar refractivity (Wildman–Crippen MR) is 95.6 cm³/mol. The van der Waals surface area contributed by atoms with Crippen molar-refractivity contribution in [1.82, 2.24) is 4.98 Å². The second kappa shape index (κ2) is 7.06. The van der Waals surface area contributed by atoms with Crippen LogP contribution in [0.15, 0.2) is 60.2 Å². The molecule has 2 amide bonds. The van der Waals surface area contributed by atoms with Crippen LogP contribution in [0.3, 0.4) is 0 Å². The van der Waals surface area contributed by atoms with Gasteiger partial charge in [-0.05, 0) is 60.3 Å². The molecule has 24 heavy (non-hydrogen) atoms. The molecule has 0 atom stereocenters. The number of nitrogens with one attached hydrogen (secondary N) is 2. The van der Waals surface area contributed by atoms with Crippen molar-refractivity contribution in [3.8, 4) is 0 Å². The van der Waals surface area contributed by atoms with Gasteiger partial charge in [0.05, 0.1) is 16.8 Å². The van der Waals surface area contributed by atoms with Crippen molar-refractivity contribution < 1.29 is 9.59 Å². The highest BCUT2D eigenvalue weighted by atomic mass is 32.1. The van der Waals surface area contributed by atoms with Gasteiger partial charge in [-0.25, -0.2) is 0 Å². The number of pyridine rings is 1. The minimum Gasteiger partial charge on any atom is -0.321 e. The Kier molecular flexibility index (Phi) is 4.67. The number of rotatable bonds is 4. The number of benzene rings is 1. The van der Waals surface area contributed by atoms with E-state index in [4.69, 9.17) is 0 Å². The molecule has 0 radical (unpaired) electrons. The lowest BCUT2D eigenvalue weighted by atomic mass is 10.2. The molecule has 0 saturated carbocycles. The summed E-state index contributed by atoms with van der Waals surface area (Å²) in [6.45, 7) is 1.90. The summed E-state index contributed by atoms with van der Waals surface area (Å²) in [5, 5.41) is 7.48. The number of anilines is 2. The fourth-order valence-corrected chi connectivity index (χ4v) is 2.96. The first kappa shape index (κ1) is 15.9. The number of aryl methyl sites for hydroxylation is 1. The molecule has 2 N–H and O–H groups in total. The Balaban J connectivity index is 1.66. The molecular weight excluding hydrogens is 322 g/mol. The van der Waals surface area contributed by atoms with Crippen molar-refractivity contribution in [3.63, 3.8) is 0 Å². The van der Waals surface area contributed by atoms with Gasteiger partial charge in [-0.2, -0.15) is 0 Å². The molecule has 2 heterocycles. The summed E-state index contributed by atoms with van der Waals surface area (Å²) in [6, 6.07) is 12.2. The fraction of sp³-hybridized carbons (Fsp3) is 0.0556. The smallest absolute Gasteiger partial charge is 0.265 e. The Morgan fingerprint density at radius 3 is 2.33 bits per heavy atom. The van der Waals surface area contributed by atoms with Crippen molar-refractivity contribution in [1.29, 1.82) is 0 Å². The molecule has 0 spiro atoms. The first-order chi connectivity index (χ1) is 11.6. The van der Waals surface area contributed by atoms with E-state index >= 15 is 0 Å². The Labute approximate surface area is 143 Å². The normalized spacial score (nSPS) is 10.2. The SMILES string of the molecule is Cc1ccsc1C(=O)Nc1ccc(C(=O)Nc2cccnc2)cc1. The lowest BCUT2D eigenvalue weighted by molar-refractivity contribution is 0.102. The molecule has 120 valence electrons. The third-order valence-electron chi connectivity index (χ3n) is 3.39. The van der Waals surface area contributed by atoms with Gasteiger partial charge in [-0.1, -0.05) is 0 Å². The maximum atomic E-state index is 12.2. The monoisotopic (exact) mass is 337 g/mol. The van der Waals surface area contributed by atoms with Crippen LogP contribution in [0.5, 0.6) is 0 Å². The number of hydrogen-bond donors (Lipinski definition) is 2. The summed E-state index contributed by atoms with van der Waals surface area (Å²) in [7, 11) is 0. The van der Waals surface area contributed by atoms with E-state index in [2.05, 4.69) is 15.6 Å². The molecule has 0 fully saturated rings. The molecule has 0 aliphatic rings. The molecule has 3 rings (SSSR count). The molecule has 1 aromatic carbocycles. The van der Waals surface area contributed by atoms with Crippen LogP contribution in [0.2, 0.25) is 0 Å². The van der Waals surface area contributed by atoms with Gasteiger partial charge in [-0.15, -0.1) is 11.3 Å². The number of amides is 2. The summed E-state index contributed by atoms with van der Waals surface area (Å²) >= 11 is 1.40. The fourth-order valence-electron chi connectivity index (χ4n) is 2.14. The van der Waals surface area contributed by atoms with Crippen molar-refractivity contribution in [2.45, 2.75) is 6.92 Å².